The van der Waals surface area contributed by atoms with Gasteiger partial charge in [0, 0.05) is 5.56 Å². The van der Waals surface area contributed by atoms with Crippen molar-refractivity contribution in [1.29, 1.82) is 0 Å². The Morgan fingerprint density at radius 1 is 0.762 bits per heavy atom. The fourth-order valence-corrected chi connectivity index (χ4v) is 2.80. The fraction of sp³-hybridized carbons (Fsp3) is 0.0769. The normalized spacial score (nSPS) is 12.5. The smallest absolute Gasteiger partial charge is 0.200 e. The molecule has 1 nitrogen and oxygen atoms in total. The lowest BCUT2D eigenvalue weighted by Gasteiger charge is -2.08. The Morgan fingerprint density at radius 2 is 1.24 bits per heavy atom. The minimum atomic E-state index is -2.30. The minimum absolute atomic E-state index is 0.388. The molecule has 0 saturated heterocycles. The summed E-state index contributed by atoms with van der Waals surface area (Å²) >= 11 is 0. The highest BCUT2D eigenvalue weighted by atomic mass is 32.2. The van der Waals surface area contributed by atoms with Crippen molar-refractivity contribution in [3.8, 4) is 0 Å². The third-order valence-electron chi connectivity index (χ3n) is 2.66. The number of hydrogen-bond donors (Lipinski definition) is 0. The zero-order valence-corrected chi connectivity index (χ0v) is 10.9. The standard InChI is InChI=1S/C13H6F6OS/c14-7-3-1-2-4-8(7)21(20)5-6-9(15)11(17)13(19)12(18)10(6)16/h1-4H,5H2/t21-/m1/s1. The van der Waals surface area contributed by atoms with Crippen LogP contribution in [-0.4, -0.2) is 4.21 Å². The molecule has 2 aromatic carbocycles. The molecule has 0 aromatic heterocycles. The summed E-state index contributed by atoms with van der Waals surface area (Å²) in [4.78, 5) is -0.388. The molecule has 0 bridgehead atoms. The highest BCUT2D eigenvalue weighted by Crippen LogP contribution is 2.25. The van der Waals surface area contributed by atoms with Gasteiger partial charge in [-0.15, -0.1) is 0 Å². The largest absolute Gasteiger partial charge is 0.254 e. The van der Waals surface area contributed by atoms with E-state index in [9.17, 15) is 30.6 Å². The molecular formula is C13H6F6OS. The van der Waals surface area contributed by atoms with E-state index in [0.29, 0.717) is 0 Å². The van der Waals surface area contributed by atoms with E-state index in [2.05, 4.69) is 0 Å². The van der Waals surface area contributed by atoms with E-state index in [0.717, 1.165) is 12.1 Å². The first-order chi connectivity index (χ1) is 9.84. The van der Waals surface area contributed by atoms with Crippen molar-refractivity contribution in [2.24, 2.45) is 0 Å². The van der Waals surface area contributed by atoms with Crippen LogP contribution in [0.25, 0.3) is 0 Å². The van der Waals surface area contributed by atoms with Crippen molar-refractivity contribution in [2.75, 3.05) is 0 Å². The van der Waals surface area contributed by atoms with Crippen molar-refractivity contribution >= 4 is 10.8 Å². The second-order valence-electron chi connectivity index (χ2n) is 3.97. The zero-order chi connectivity index (χ0) is 15.7. The third-order valence-corrected chi connectivity index (χ3v) is 4.03. The molecule has 0 N–H and O–H groups in total. The molecule has 2 rings (SSSR count). The van der Waals surface area contributed by atoms with Gasteiger partial charge in [-0.05, 0) is 12.1 Å². The van der Waals surface area contributed by atoms with Crippen LogP contribution < -0.4 is 0 Å². The molecule has 0 fully saturated rings. The Kier molecular flexibility index (Phi) is 4.36. The summed E-state index contributed by atoms with van der Waals surface area (Å²) in [6, 6.07) is 4.69. The van der Waals surface area contributed by atoms with E-state index in [1.807, 2.05) is 0 Å². The second kappa shape index (κ2) is 5.88. The molecule has 8 heteroatoms. The Morgan fingerprint density at radius 3 is 1.76 bits per heavy atom. The Balaban J connectivity index is 2.46. The molecule has 0 amide bonds. The van der Waals surface area contributed by atoms with Gasteiger partial charge in [-0.1, -0.05) is 12.1 Å². The van der Waals surface area contributed by atoms with E-state index < -0.39 is 57.0 Å². The van der Waals surface area contributed by atoms with Crippen molar-refractivity contribution in [1.82, 2.24) is 0 Å². The second-order valence-corrected chi connectivity index (χ2v) is 5.39. The first kappa shape index (κ1) is 15.6. The molecule has 0 saturated carbocycles. The van der Waals surface area contributed by atoms with Crippen LogP contribution in [0.1, 0.15) is 5.56 Å². The maximum atomic E-state index is 13.4. The van der Waals surface area contributed by atoms with Crippen LogP contribution in [-0.2, 0) is 16.6 Å². The van der Waals surface area contributed by atoms with E-state index in [4.69, 9.17) is 0 Å². The molecule has 112 valence electrons. The van der Waals surface area contributed by atoms with Crippen molar-refractivity contribution in [3.05, 3.63) is 64.7 Å². The van der Waals surface area contributed by atoms with Crippen LogP contribution in [0.15, 0.2) is 29.2 Å². The summed E-state index contributed by atoms with van der Waals surface area (Å²) in [5.41, 5.74) is -1.24. The van der Waals surface area contributed by atoms with Crippen LogP contribution in [0, 0.1) is 34.9 Å². The quantitative estimate of drug-likeness (QED) is 0.476. The monoisotopic (exact) mass is 324 g/mol. The molecule has 0 aliphatic rings. The maximum Gasteiger partial charge on any atom is 0.200 e. The minimum Gasteiger partial charge on any atom is -0.254 e. The molecule has 0 spiro atoms. The predicted molar refractivity (Wildman–Crippen MR) is 62.7 cm³/mol. The molecule has 0 aliphatic heterocycles. The van der Waals surface area contributed by atoms with Crippen LogP contribution in [0.4, 0.5) is 26.3 Å². The highest BCUT2D eigenvalue weighted by molar-refractivity contribution is 7.84. The fourth-order valence-electron chi connectivity index (χ4n) is 1.62. The maximum absolute atomic E-state index is 13.4. The first-order valence-electron chi connectivity index (χ1n) is 5.47. The van der Waals surface area contributed by atoms with Gasteiger partial charge in [0.05, 0.1) is 21.4 Å². The molecule has 0 aliphatic carbocycles. The molecular weight excluding hydrogens is 318 g/mol. The zero-order valence-electron chi connectivity index (χ0n) is 10.1. The number of rotatable bonds is 3. The van der Waals surface area contributed by atoms with E-state index in [1.165, 1.54) is 12.1 Å². The molecule has 0 heterocycles. The van der Waals surface area contributed by atoms with Gasteiger partial charge >= 0.3 is 0 Å². The predicted octanol–water partition coefficient (Wildman–Crippen LogP) is 3.83. The topological polar surface area (TPSA) is 17.1 Å². The molecule has 0 unspecified atom stereocenters. The molecule has 2 aromatic rings. The molecule has 21 heavy (non-hydrogen) atoms. The van der Waals surface area contributed by atoms with Crippen LogP contribution in [0.2, 0.25) is 0 Å². The van der Waals surface area contributed by atoms with Crippen molar-refractivity contribution in [3.63, 3.8) is 0 Å². The lowest BCUT2D eigenvalue weighted by atomic mass is 10.2. The van der Waals surface area contributed by atoms with Gasteiger partial charge in [0.15, 0.2) is 23.3 Å². The highest BCUT2D eigenvalue weighted by Gasteiger charge is 2.27. The summed E-state index contributed by atoms with van der Waals surface area (Å²) in [6.45, 7) is 0. The average molecular weight is 324 g/mol. The van der Waals surface area contributed by atoms with Gasteiger partial charge in [0.1, 0.15) is 5.82 Å². The van der Waals surface area contributed by atoms with Crippen molar-refractivity contribution < 1.29 is 30.6 Å². The summed E-state index contributed by atoms with van der Waals surface area (Å²) < 4.78 is 90.9. The lowest BCUT2D eigenvalue weighted by molar-refractivity contribution is 0.372. The van der Waals surface area contributed by atoms with Gasteiger partial charge in [0.25, 0.3) is 0 Å². The Bertz CT molecular complexity index is 702. The van der Waals surface area contributed by atoms with E-state index in [1.54, 1.807) is 0 Å². The summed E-state index contributed by atoms with van der Waals surface area (Å²) in [7, 11) is -2.30. The van der Waals surface area contributed by atoms with Gasteiger partial charge in [-0.25, -0.2) is 26.3 Å². The van der Waals surface area contributed by atoms with Crippen LogP contribution >= 0.6 is 0 Å². The van der Waals surface area contributed by atoms with Gasteiger partial charge in [0.2, 0.25) is 5.82 Å². The lowest BCUT2D eigenvalue weighted by Crippen LogP contribution is -2.10. The molecule has 1 atom stereocenters. The number of halogens is 6. The van der Waals surface area contributed by atoms with Crippen LogP contribution in [0.5, 0.6) is 0 Å². The summed E-state index contributed by atoms with van der Waals surface area (Å²) in [5, 5.41) is 0. The van der Waals surface area contributed by atoms with Crippen molar-refractivity contribution in [2.45, 2.75) is 10.6 Å². The summed E-state index contributed by atoms with van der Waals surface area (Å²) in [6.07, 6.45) is 0. The van der Waals surface area contributed by atoms with Gasteiger partial charge < -0.3 is 0 Å². The average Bonchev–Trinajstić information content (AvgIpc) is 2.48. The van der Waals surface area contributed by atoms with Gasteiger partial charge in [-0.3, -0.25) is 4.21 Å². The SMILES string of the molecule is O=[S@](Cc1c(F)c(F)c(F)c(F)c1F)c1ccccc1F. The first-order valence-corrected chi connectivity index (χ1v) is 6.79. The number of hydrogen-bond acceptors (Lipinski definition) is 1. The molecule has 0 radical (unpaired) electrons. The Hall–Kier alpha value is -1.83. The van der Waals surface area contributed by atoms with Crippen LogP contribution in [0.3, 0.4) is 0 Å². The van der Waals surface area contributed by atoms with Gasteiger partial charge in [-0.2, -0.15) is 0 Å². The Labute approximate surface area is 117 Å². The van der Waals surface area contributed by atoms with E-state index in [-0.39, 0.29) is 4.90 Å². The van der Waals surface area contributed by atoms with E-state index >= 15 is 0 Å². The number of benzene rings is 2. The summed E-state index contributed by atoms with van der Waals surface area (Å²) in [5.74, 6) is -12.6. The third kappa shape index (κ3) is 2.80.